The molecule has 2 aromatic carbocycles. The van der Waals surface area contributed by atoms with Gasteiger partial charge in [0.05, 0.1) is 34.0 Å². The summed E-state index contributed by atoms with van der Waals surface area (Å²) >= 11 is 1.08. The maximum atomic E-state index is 12.6. The fourth-order valence-corrected chi connectivity index (χ4v) is 6.33. The molecule has 3 aromatic rings. The van der Waals surface area contributed by atoms with E-state index in [1.165, 1.54) is 25.3 Å². The Kier molecular flexibility index (Phi) is 5.45. The molecule has 0 bridgehead atoms. The van der Waals surface area contributed by atoms with Crippen LogP contribution in [0.25, 0.3) is 10.2 Å². The molecular formula is C19H17N3O6S3. The van der Waals surface area contributed by atoms with Crippen molar-refractivity contribution in [1.29, 1.82) is 0 Å². The van der Waals surface area contributed by atoms with Crippen LogP contribution in [0.15, 0.2) is 58.8 Å². The van der Waals surface area contributed by atoms with E-state index in [2.05, 4.69) is 15.0 Å². The third-order valence-corrected chi connectivity index (χ3v) is 8.30. The number of sulfone groups is 1. The van der Waals surface area contributed by atoms with Crippen LogP contribution < -0.4 is 14.8 Å². The molecule has 0 unspecified atom stereocenters. The summed E-state index contributed by atoms with van der Waals surface area (Å²) in [6.45, 7) is 0. The van der Waals surface area contributed by atoms with E-state index in [0.717, 1.165) is 16.7 Å². The number of nitrogens with zero attached hydrogens (tertiary/aromatic N) is 1. The first-order valence-electron chi connectivity index (χ1n) is 8.94. The number of ether oxygens (including phenoxy) is 1. The van der Waals surface area contributed by atoms with Gasteiger partial charge in [-0.05, 0) is 48.5 Å². The minimum absolute atomic E-state index is 0.0622. The number of benzene rings is 2. The van der Waals surface area contributed by atoms with Crippen molar-refractivity contribution in [3.63, 3.8) is 0 Å². The highest BCUT2D eigenvalue weighted by Gasteiger charge is 2.24. The second-order valence-electron chi connectivity index (χ2n) is 6.72. The van der Waals surface area contributed by atoms with Crippen LogP contribution in [0.5, 0.6) is 5.75 Å². The van der Waals surface area contributed by atoms with E-state index in [4.69, 9.17) is 4.74 Å². The van der Waals surface area contributed by atoms with Crippen LogP contribution in [0, 0.1) is 0 Å². The number of hydrogen-bond acceptors (Lipinski definition) is 8. The molecule has 4 rings (SSSR count). The quantitative estimate of drug-likeness (QED) is 0.554. The first kappa shape index (κ1) is 21.3. The molecule has 9 nitrogen and oxygen atoms in total. The minimum Gasteiger partial charge on any atom is -0.497 e. The third kappa shape index (κ3) is 4.70. The largest absolute Gasteiger partial charge is 0.497 e. The van der Waals surface area contributed by atoms with E-state index in [0.29, 0.717) is 21.5 Å². The fraction of sp³-hybridized carbons (Fsp3) is 0.158. The minimum atomic E-state index is -3.84. The van der Waals surface area contributed by atoms with Crippen molar-refractivity contribution in [1.82, 2.24) is 10.3 Å². The maximum Gasteiger partial charge on any atom is 0.263 e. The Morgan fingerprint density at radius 2 is 1.94 bits per heavy atom. The van der Waals surface area contributed by atoms with Gasteiger partial charge in [0, 0.05) is 11.0 Å². The summed E-state index contributed by atoms with van der Waals surface area (Å²) in [6.07, 6.45) is 1.44. The Labute approximate surface area is 182 Å². The van der Waals surface area contributed by atoms with E-state index in [-0.39, 0.29) is 15.8 Å². The fourth-order valence-electron chi connectivity index (χ4n) is 2.96. The Hall–Kier alpha value is -2.96. The summed E-state index contributed by atoms with van der Waals surface area (Å²) in [7, 11) is -5.63. The SMILES string of the molecule is COc1ccc(S(=O)(=O)Nc2nc3ccc(C(=O)N[C@H]4C=CS(=O)(=O)C4)cc3s2)cc1. The molecule has 1 aromatic heterocycles. The van der Waals surface area contributed by atoms with Gasteiger partial charge in [0.1, 0.15) is 5.75 Å². The van der Waals surface area contributed by atoms with Crippen LogP contribution in [0.2, 0.25) is 0 Å². The molecule has 2 heterocycles. The number of rotatable bonds is 6. The average Bonchev–Trinajstić information content (AvgIpc) is 3.28. The van der Waals surface area contributed by atoms with Gasteiger partial charge in [-0.15, -0.1) is 0 Å². The molecule has 1 atom stereocenters. The van der Waals surface area contributed by atoms with Crippen molar-refractivity contribution in [2.45, 2.75) is 10.9 Å². The summed E-state index contributed by atoms with van der Waals surface area (Å²) < 4.78 is 56.2. The summed E-state index contributed by atoms with van der Waals surface area (Å²) in [5.74, 6) is -0.0587. The highest BCUT2D eigenvalue weighted by atomic mass is 32.2. The molecule has 0 saturated carbocycles. The van der Waals surface area contributed by atoms with E-state index in [1.807, 2.05) is 0 Å². The number of nitrogens with one attached hydrogen (secondary N) is 2. The van der Waals surface area contributed by atoms with E-state index < -0.39 is 31.8 Å². The lowest BCUT2D eigenvalue weighted by Crippen LogP contribution is -2.35. The van der Waals surface area contributed by atoms with Crippen LogP contribution in [-0.4, -0.2) is 46.6 Å². The normalized spacial score (nSPS) is 17.5. The van der Waals surface area contributed by atoms with Gasteiger partial charge in [-0.25, -0.2) is 21.8 Å². The highest BCUT2D eigenvalue weighted by Crippen LogP contribution is 2.29. The Balaban J connectivity index is 1.52. The highest BCUT2D eigenvalue weighted by molar-refractivity contribution is 7.94. The van der Waals surface area contributed by atoms with Gasteiger partial charge in [-0.2, -0.15) is 0 Å². The third-order valence-electron chi connectivity index (χ3n) is 4.49. The number of carbonyl (C=O) groups excluding carboxylic acids is 1. The first-order chi connectivity index (χ1) is 14.6. The summed E-state index contributed by atoms with van der Waals surface area (Å²) in [4.78, 5) is 16.8. The maximum absolute atomic E-state index is 12.6. The number of methoxy groups -OCH3 is 1. The predicted molar refractivity (Wildman–Crippen MR) is 118 cm³/mol. The average molecular weight is 480 g/mol. The number of aromatic nitrogens is 1. The van der Waals surface area contributed by atoms with Gasteiger partial charge in [-0.1, -0.05) is 11.3 Å². The van der Waals surface area contributed by atoms with Gasteiger partial charge in [0.25, 0.3) is 15.9 Å². The van der Waals surface area contributed by atoms with E-state index in [9.17, 15) is 21.6 Å². The molecule has 0 radical (unpaired) electrons. The zero-order valence-corrected chi connectivity index (χ0v) is 18.6. The standard InChI is InChI=1S/C19H17N3O6S3/c1-28-14-3-5-15(6-4-14)31(26,27)22-19-21-16-7-2-12(10-17(16)29-19)18(23)20-13-8-9-30(24,25)11-13/h2-10,13H,11H2,1H3,(H,20,23)(H,21,22)/t13-/m0/s1. The second kappa shape index (κ2) is 7.94. The monoisotopic (exact) mass is 479 g/mol. The van der Waals surface area contributed by atoms with Crippen molar-refractivity contribution >= 4 is 52.5 Å². The number of hydrogen-bond donors (Lipinski definition) is 2. The van der Waals surface area contributed by atoms with Crippen LogP contribution in [0.1, 0.15) is 10.4 Å². The molecule has 0 spiro atoms. The molecule has 1 aliphatic rings. The molecular weight excluding hydrogens is 462 g/mol. The van der Waals surface area contributed by atoms with Gasteiger partial charge in [-0.3, -0.25) is 9.52 Å². The number of carbonyl (C=O) groups is 1. The van der Waals surface area contributed by atoms with Crippen LogP contribution in [0.3, 0.4) is 0 Å². The zero-order valence-electron chi connectivity index (χ0n) is 16.1. The Morgan fingerprint density at radius 1 is 1.19 bits per heavy atom. The molecule has 1 amide bonds. The van der Waals surface area contributed by atoms with E-state index >= 15 is 0 Å². The molecule has 1 aliphatic heterocycles. The Bertz CT molecular complexity index is 1390. The zero-order chi connectivity index (χ0) is 22.2. The smallest absolute Gasteiger partial charge is 0.263 e. The van der Waals surface area contributed by atoms with Gasteiger partial charge in [0.15, 0.2) is 15.0 Å². The molecule has 12 heteroatoms. The van der Waals surface area contributed by atoms with E-state index in [1.54, 1.807) is 30.3 Å². The number of amides is 1. The van der Waals surface area contributed by atoms with Gasteiger partial charge >= 0.3 is 0 Å². The van der Waals surface area contributed by atoms with Crippen LogP contribution in [-0.2, 0) is 19.9 Å². The lowest BCUT2D eigenvalue weighted by atomic mass is 10.2. The molecule has 0 fully saturated rings. The van der Waals surface area contributed by atoms with Crippen molar-refractivity contribution in [2.24, 2.45) is 0 Å². The molecule has 31 heavy (non-hydrogen) atoms. The predicted octanol–water partition coefficient (Wildman–Crippen LogP) is 2.15. The molecule has 2 N–H and O–H groups in total. The number of sulfonamides is 1. The van der Waals surface area contributed by atoms with Gasteiger partial charge < -0.3 is 10.1 Å². The van der Waals surface area contributed by atoms with Crippen molar-refractivity contribution in [2.75, 3.05) is 17.6 Å². The van der Waals surface area contributed by atoms with Gasteiger partial charge in [0.2, 0.25) is 0 Å². The van der Waals surface area contributed by atoms with Crippen molar-refractivity contribution < 1.29 is 26.4 Å². The number of fused-ring (bicyclic) bond motifs is 1. The van der Waals surface area contributed by atoms with Crippen LogP contribution in [0.4, 0.5) is 5.13 Å². The lowest BCUT2D eigenvalue weighted by Gasteiger charge is -2.09. The number of anilines is 1. The molecule has 162 valence electrons. The van der Waals surface area contributed by atoms with Crippen LogP contribution >= 0.6 is 11.3 Å². The molecule has 0 saturated heterocycles. The first-order valence-corrected chi connectivity index (χ1v) is 13.0. The Morgan fingerprint density at radius 3 is 2.58 bits per heavy atom. The number of thiazole rings is 1. The topological polar surface area (TPSA) is 132 Å². The summed E-state index contributed by atoms with van der Waals surface area (Å²) in [5, 5.41) is 3.90. The van der Waals surface area contributed by atoms with Crippen molar-refractivity contribution in [3.8, 4) is 5.75 Å². The summed E-state index contributed by atoms with van der Waals surface area (Å²) in [5.41, 5.74) is 0.843. The second-order valence-corrected chi connectivity index (χ2v) is 11.4. The molecule has 0 aliphatic carbocycles. The summed E-state index contributed by atoms with van der Waals surface area (Å²) in [6, 6.07) is 10.1. The lowest BCUT2D eigenvalue weighted by molar-refractivity contribution is 0.0948. The van der Waals surface area contributed by atoms with Crippen molar-refractivity contribution in [3.05, 3.63) is 59.5 Å².